The molecule has 7 nitrogen and oxygen atoms in total. The average molecular weight is 359 g/mol. The number of nitrogens with zero attached hydrogens (tertiary/aromatic N) is 1. The quantitative estimate of drug-likeness (QED) is 0.707. The molecule has 0 aromatic carbocycles. The van der Waals surface area contributed by atoms with E-state index in [-0.39, 0.29) is 12.5 Å². The van der Waals surface area contributed by atoms with E-state index < -0.39 is 5.97 Å². The number of nitrogens with one attached hydrogen (secondary N) is 2. The Morgan fingerprint density at radius 3 is 2.73 bits per heavy atom. The van der Waals surface area contributed by atoms with Crippen molar-refractivity contribution in [3.8, 4) is 5.88 Å². The zero-order valence-corrected chi connectivity index (χ0v) is 15.6. The summed E-state index contributed by atoms with van der Waals surface area (Å²) in [6, 6.07) is 3.64. The molecule has 1 amide bonds. The fraction of sp³-hybridized carbons (Fsp3) is 0.421. The molecule has 0 radical (unpaired) electrons. The molecule has 0 aliphatic rings. The summed E-state index contributed by atoms with van der Waals surface area (Å²) in [6.45, 7) is 6.41. The van der Waals surface area contributed by atoms with Crippen LogP contribution >= 0.6 is 0 Å². The van der Waals surface area contributed by atoms with Crippen LogP contribution in [0.4, 0.5) is 0 Å². The third kappa shape index (κ3) is 4.22. The molecule has 0 saturated heterocycles. The number of H-pyrrole nitrogens is 1. The van der Waals surface area contributed by atoms with Crippen LogP contribution in [0.3, 0.4) is 0 Å². The molecule has 2 aromatic rings. The zero-order valence-electron chi connectivity index (χ0n) is 15.6. The van der Waals surface area contributed by atoms with Crippen molar-refractivity contribution in [3.63, 3.8) is 0 Å². The van der Waals surface area contributed by atoms with Gasteiger partial charge in [-0.15, -0.1) is 0 Å². The van der Waals surface area contributed by atoms with Crippen molar-refractivity contribution in [1.82, 2.24) is 15.3 Å². The van der Waals surface area contributed by atoms with E-state index in [0.29, 0.717) is 41.4 Å². The van der Waals surface area contributed by atoms with Crippen LogP contribution in [0, 0.1) is 6.92 Å². The van der Waals surface area contributed by atoms with Gasteiger partial charge in [-0.05, 0) is 31.9 Å². The van der Waals surface area contributed by atoms with Crippen LogP contribution in [0.1, 0.15) is 57.9 Å². The van der Waals surface area contributed by atoms with Gasteiger partial charge in [0.05, 0.1) is 19.3 Å². The van der Waals surface area contributed by atoms with Gasteiger partial charge in [0.2, 0.25) is 5.88 Å². The molecule has 0 atom stereocenters. The van der Waals surface area contributed by atoms with Crippen molar-refractivity contribution in [2.75, 3.05) is 13.7 Å². The second-order valence-electron chi connectivity index (χ2n) is 5.80. The number of hydrogen-bond donors (Lipinski definition) is 2. The number of amides is 1. The molecule has 0 spiro atoms. The maximum Gasteiger partial charge on any atom is 0.339 e. The van der Waals surface area contributed by atoms with E-state index in [1.807, 2.05) is 19.9 Å². The first-order valence-corrected chi connectivity index (χ1v) is 8.68. The van der Waals surface area contributed by atoms with Crippen LogP contribution < -0.4 is 10.1 Å². The number of aromatic amines is 1. The van der Waals surface area contributed by atoms with E-state index in [2.05, 4.69) is 15.3 Å². The summed E-state index contributed by atoms with van der Waals surface area (Å²) < 4.78 is 10.3. The predicted octanol–water partition coefficient (Wildman–Crippen LogP) is 2.79. The first kappa shape index (κ1) is 19.5. The number of esters is 1. The van der Waals surface area contributed by atoms with Gasteiger partial charge >= 0.3 is 5.97 Å². The molecule has 7 heteroatoms. The molecular weight excluding hydrogens is 334 g/mol. The van der Waals surface area contributed by atoms with Gasteiger partial charge < -0.3 is 19.8 Å². The van der Waals surface area contributed by atoms with Gasteiger partial charge in [0.25, 0.3) is 5.91 Å². The Bertz CT molecular complexity index is 783. The summed E-state index contributed by atoms with van der Waals surface area (Å²) >= 11 is 0. The second-order valence-corrected chi connectivity index (χ2v) is 5.80. The van der Waals surface area contributed by atoms with Crippen LogP contribution in [0.2, 0.25) is 0 Å². The third-order valence-electron chi connectivity index (χ3n) is 3.98. The van der Waals surface area contributed by atoms with Gasteiger partial charge in [0.15, 0.2) is 0 Å². The highest BCUT2D eigenvalue weighted by molar-refractivity contribution is 6.00. The standard InChI is InChI=1S/C19H25N3O4/c1-5-8-14-15(19(24)25-4)12(3)22-16(14)17(23)21-11-13-9-7-10-20-18(13)26-6-2/h7,9-10,22H,5-6,8,11H2,1-4H3,(H,21,23). The van der Waals surface area contributed by atoms with Crippen molar-refractivity contribution in [2.24, 2.45) is 0 Å². The summed E-state index contributed by atoms with van der Waals surface area (Å²) in [7, 11) is 1.34. The summed E-state index contributed by atoms with van der Waals surface area (Å²) in [5.74, 6) is -0.216. The first-order chi connectivity index (χ1) is 12.5. The number of rotatable bonds is 8. The molecule has 2 heterocycles. The first-order valence-electron chi connectivity index (χ1n) is 8.68. The van der Waals surface area contributed by atoms with E-state index in [1.54, 1.807) is 19.2 Å². The van der Waals surface area contributed by atoms with Crippen molar-refractivity contribution in [1.29, 1.82) is 0 Å². The number of aryl methyl sites for hydroxylation is 1. The average Bonchev–Trinajstić information content (AvgIpc) is 2.97. The van der Waals surface area contributed by atoms with Gasteiger partial charge in [-0.3, -0.25) is 4.79 Å². The molecule has 2 rings (SSSR count). The van der Waals surface area contributed by atoms with Gasteiger partial charge in [-0.1, -0.05) is 19.4 Å². The van der Waals surface area contributed by atoms with Crippen LogP contribution in [-0.4, -0.2) is 35.6 Å². The molecule has 0 saturated carbocycles. The normalized spacial score (nSPS) is 10.5. The smallest absolute Gasteiger partial charge is 0.339 e. The number of hydrogen-bond acceptors (Lipinski definition) is 5. The summed E-state index contributed by atoms with van der Waals surface area (Å²) in [5, 5.41) is 2.87. The monoisotopic (exact) mass is 359 g/mol. The van der Waals surface area contributed by atoms with Gasteiger partial charge in [-0.25, -0.2) is 9.78 Å². The fourth-order valence-corrected chi connectivity index (χ4v) is 2.84. The van der Waals surface area contributed by atoms with Crippen LogP contribution in [-0.2, 0) is 17.7 Å². The summed E-state index contributed by atoms with van der Waals surface area (Å²) in [5.41, 5.74) is 2.94. The van der Waals surface area contributed by atoms with Crippen molar-refractivity contribution >= 4 is 11.9 Å². The molecule has 0 aliphatic heterocycles. The molecule has 140 valence electrons. The highest BCUT2D eigenvalue weighted by atomic mass is 16.5. The molecular formula is C19H25N3O4. The molecule has 0 unspecified atom stereocenters. The van der Waals surface area contributed by atoms with Crippen LogP contribution in [0.5, 0.6) is 5.88 Å². The van der Waals surface area contributed by atoms with Crippen molar-refractivity contribution < 1.29 is 19.1 Å². The van der Waals surface area contributed by atoms with E-state index in [0.717, 1.165) is 12.0 Å². The lowest BCUT2D eigenvalue weighted by Crippen LogP contribution is -2.25. The maximum absolute atomic E-state index is 12.7. The topological polar surface area (TPSA) is 93.3 Å². The van der Waals surface area contributed by atoms with Gasteiger partial charge in [-0.2, -0.15) is 0 Å². The molecule has 0 aliphatic carbocycles. The van der Waals surface area contributed by atoms with Gasteiger partial charge in [0.1, 0.15) is 5.69 Å². The zero-order chi connectivity index (χ0) is 19.1. The van der Waals surface area contributed by atoms with Crippen molar-refractivity contribution in [3.05, 3.63) is 46.4 Å². The summed E-state index contributed by atoms with van der Waals surface area (Å²) in [4.78, 5) is 32.0. The number of pyridine rings is 1. The fourth-order valence-electron chi connectivity index (χ4n) is 2.84. The minimum absolute atomic E-state index is 0.277. The highest BCUT2D eigenvalue weighted by Crippen LogP contribution is 2.22. The Kier molecular flexibility index (Phi) is 6.77. The number of methoxy groups -OCH3 is 1. The molecule has 2 N–H and O–H groups in total. The van der Waals surface area contributed by atoms with E-state index >= 15 is 0 Å². The lowest BCUT2D eigenvalue weighted by molar-refractivity contribution is 0.0599. The number of ether oxygens (including phenoxy) is 2. The Morgan fingerprint density at radius 2 is 2.08 bits per heavy atom. The van der Waals surface area contributed by atoms with Gasteiger partial charge in [0, 0.05) is 24.0 Å². The Labute approximate surface area is 153 Å². The number of carbonyl (C=O) groups is 2. The number of aromatic nitrogens is 2. The minimum Gasteiger partial charge on any atom is -0.478 e. The molecule has 0 bridgehead atoms. The Hall–Kier alpha value is -2.83. The van der Waals surface area contributed by atoms with E-state index in [1.165, 1.54) is 7.11 Å². The highest BCUT2D eigenvalue weighted by Gasteiger charge is 2.24. The lowest BCUT2D eigenvalue weighted by Gasteiger charge is -2.10. The minimum atomic E-state index is -0.438. The SMILES string of the molecule is CCCc1c(C(=O)NCc2cccnc2OCC)[nH]c(C)c1C(=O)OC. The van der Waals surface area contributed by atoms with E-state index in [4.69, 9.17) is 9.47 Å². The summed E-state index contributed by atoms with van der Waals surface area (Å²) in [6.07, 6.45) is 3.06. The van der Waals surface area contributed by atoms with E-state index in [9.17, 15) is 9.59 Å². The van der Waals surface area contributed by atoms with Crippen LogP contribution in [0.25, 0.3) is 0 Å². The molecule has 26 heavy (non-hydrogen) atoms. The van der Waals surface area contributed by atoms with Crippen LogP contribution in [0.15, 0.2) is 18.3 Å². The van der Waals surface area contributed by atoms with Crippen molar-refractivity contribution in [2.45, 2.75) is 40.2 Å². The lowest BCUT2D eigenvalue weighted by atomic mass is 10.0. The Balaban J connectivity index is 2.23. The molecule has 0 fully saturated rings. The largest absolute Gasteiger partial charge is 0.478 e. The third-order valence-corrected chi connectivity index (χ3v) is 3.98. The number of carbonyl (C=O) groups excluding carboxylic acids is 2. The predicted molar refractivity (Wildman–Crippen MR) is 97.4 cm³/mol. The Morgan fingerprint density at radius 1 is 1.31 bits per heavy atom. The second kappa shape index (κ2) is 9.03. The molecule has 2 aromatic heterocycles. The maximum atomic E-state index is 12.7.